The molecule has 0 amide bonds. The molecule has 0 saturated heterocycles. The van der Waals surface area contributed by atoms with Gasteiger partial charge >= 0.3 is 0 Å². The van der Waals surface area contributed by atoms with Gasteiger partial charge in [0.05, 0.1) is 16.6 Å². The molecule has 2 rings (SSSR count). The summed E-state index contributed by atoms with van der Waals surface area (Å²) in [6.45, 7) is 2.59. The maximum Gasteiger partial charge on any atom is 0.146 e. The first-order valence-electron chi connectivity index (χ1n) is 5.57. The van der Waals surface area contributed by atoms with E-state index in [1.54, 1.807) is 12.1 Å². The zero-order valence-corrected chi connectivity index (χ0v) is 13.3. The number of hydrogen-bond donors (Lipinski definition) is 1. The summed E-state index contributed by atoms with van der Waals surface area (Å²) in [6, 6.07) is 5.25. The lowest BCUT2D eigenvalue weighted by atomic mass is 10.2. The fourth-order valence-corrected chi connectivity index (χ4v) is 2.47. The van der Waals surface area contributed by atoms with Crippen molar-refractivity contribution < 1.29 is 9.15 Å². The van der Waals surface area contributed by atoms with Gasteiger partial charge in [0.15, 0.2) is 0 Å². The molecule has 3 nitrogen and oxygen atoms in total. The van der Waals surface area contributed by atoms with Crippen molar-refractivity contribution in [1.82, 2.24) is 0 Å². The first-order chi connectivity index (χ1) is 9.01. The lowest BCUT2D eigenvalue weighted by Crippen LogP contribution is -1.96. The minimum Gasteiger partial charge on any atom is -0.484 e. The predicted molar refractivity (Wildman–Crippen MR) is 79.8 cm³/mol. The van der Waals surface area contributed by atoms with E-state index in [1.807, 2.05) is 13.0 Å². The van der Waals surface area contributed by atoms with Crippen molar-refractivity contribution in [2.45, 2.75) is 20.1 Å². The van der Waals surface area contributed by atoms with E-state index in [2.05, 4.69) is 15.9 Å². The van der Waals surface area contributed by atoms with E-state index in [1.165, 1.54) is 0 Å². The highest BCUT2D eigenvalue weighted by Gasteiger charge is 2.10. The van der Waals surface area contributed by atoms with E-state index < -0.39 is 0 Å². The molecule has 0 aliphatic carbocycles. The molecular weight excluding hydrogens is 353 g/mol. The SMILES string of the molecule is Cc1cc(COc2cc(Cl)c(Br)cc2Cl)oc1CN. The van der Waals surface area contributed by atoms with Gasteiger partial charge < -0.3 is 14.9 Å². The Balaban J connectivity index is 2.12. The lowest BCUT2D eigenvalue weighted by molar-refractivity contribution is 0.266. The zero-order valence-electron chi connectivity index (χ0n) is 10.2. The van der Waals surface area contributed by atoms with Crippen LogP contribution in [0.15, 0.2) is 27.1 Å². The lowest BCUT2D eigenvalue weighted by Gasteiger charge is -2.08. The average molecular weight is 365 g/mol. The number of furan rings is 1. The fraction of sp³-hybridized carbons (Fsp3) is 0.231. The van der Waals surface area contributed by atoms with Gasteiger partial charge in [-0.15, -0.1) is 0 Å². The Labute approximate surface area is 129 Å². The fourth-order valence-electron chi connectivity index (χ4n) is 1.63. The standard InChI is InChI=1S/C13H12BrCl2NO2/c1-7-2-8(19-13(7)5-17)6-18-12-4-10(15)9(14)3-11(12)16/h2-4H,5-6,17H2,1H3. The summed E-state index contributed by atoms with van der Waals surface area (Å²) in [5.74, 6) is 1.98. The first-order valence-corrected chi connectivity index (χ1v) is 7.11. The summed E-state index contributed by atoms with van der Waals surface area (Å²) in [7, 11) is 0. The second-order valence-corrected chi connectivity index (χ2v) is 5.68. The predicted octanol–water partition coefficient (Wildman–Crippen LogP) is 4.70. The summed E-state index contributed by atoms with van der Waals surface area (Å²) in [5.41, 5.74) is 6.57. The minimum atomic E-state index is 0.276. The molecule has 19 heavy (non-hydrogen) atoms. The van der Waals surface area contributed by atoms with E-state index in [0.29, 0.717) is 28.1 Å². The first kappa shape index (κ1) is 14.7. The van der Waals surface area contributed by atoms with E-state index in [9.17, 15) is 0 Å². The number of hydrogen-bond acceptors (Lipinski definition) is 3. The molecule has 1 aromatic heterocycles. The Morgan fingerprint density at radius 2 is 2.00 bits per heavy atom. The number of halogens is 3. The average Bonchev–Trinajstić information content (AvgIpc) is 2.73. The summed E-state index contributed by atoms with van der Waals surface area (Å²) in [6.07, 6.45) is 0. The van der Waals surface area contributed by atoms with Crippen molar-refractivity contribution in [3.05, 3.63) is 49.8 Å². The van der Waals surface area contributed by atoms with Gasteiger partial charge in [0.2, 0.25) is 0 Å². The smallest absolute Gasteiger partial charge is 0.146 e. The minimum absolute atomic E-state index is 0.276. The highest BCUT2D eigenvalue weighted by atomic mass is 79.9. The molecule has 1 heterocycles. The van der Waals surface area contributed by atoms with Crippen molar-refractivity contribution in [2.24, 2.45) is 5.73 Å². The molecule has 0 aliphatic rings. The molecule has 1 aromatic carbocycles. The summed E-state index contributed by atoms with van der Waals surface area (Å²) >= 11 is 15.4. The van der Waals surface area contributed by atoms with E-state index in [-0.39, 0.29) is 6.61 Å². The summed E-state index contributed by atoms with van der Waals surface area (Å²) in [5, 5.41) is 1.02. The van der Waals surface area contributed by atoms with Crippen LogP contribution in [0.2, 0.25) is 10.0 Å². The number of nitrogens with two attached hydrogens (primary N) is 1. The third-order valence-electron chi connectivity index (χ3n) is 2.60. The Morgan fingerprint density at radius 3 is 2.63 bits per heavy atom. The van der Waals surface area contributed by atoms with Gasteiger partial charge in [-0.1, -0.05) is 23.2 Å². The largest absolute Gasteiger partial charge is 0.484 e. The molecule has 2 aromatic rings. The van der Waals surface area contributed by atoms with E-state index >= 15 is 0 Å². The van der Waals surface area contributed by atoms with Crippen LogP contribution < -0.4 is 10.5 Å². The van der Waals surface area contributed by atoms with Crippen LogP contribution in [0.3, 0.4) is 0 Å². The van der Waals surface area contributed by atoms with Gasteiger partial charge in [-0.05, 0) is 40.5 Å². The maximum atomic E-state index is 6.07. The van der Waals surface area contributed by atoms with E-state index in [4.69, 9.17) is 38.1 Å². The Kier molecular flexibility index (Phi) is 4.79. The second-order valence-electron chi connectivity index (χ2n) is 4.01. The van der Waals surface area contributed by atoms with Crippen molar-refractivity contribution in [3.63, 3.8) is 0 Å². The zero-order chi connectivity index (χ0) is 14.0. The third kappa shape index (κ3) is 3.45. The van der Waals surface area contributed by atoms with Gasteiger partial charge in [0, 0.05) is 10.5 Å². The summed E-state index contributed by atoms with van der Waals surface area (Å²) < 4.78 is 11.9. The molecule has 0 aliphatic heterocycles. The molecular formula is C13H12BrCl2NO2. The van der Waals surface area contributed by atoms with Gasteiger partial charge in [-0.25, -0.2) is 0 Å². The summed E-state index contributed by atoms with van der Waals surface area (Å²) in [4.78, 5) is 0. The molecule has 2 N–H and O–H groups in total. The molecule has 0 bridgehead atoms. The molecule has 0 atom stereocenters. The molecule has 0 saturated carbocycles. The van der Waals surface area contributed by atoms with Crippen LogP contribution in [0.1, 0.15) is 17.1 Å². The van der Waals surface area contributed by atoms with E-state index in [0.717, 1.165) is 15.8 Å². The molecule has 6 heteroatoms. The number of ether oxygens (including phenoxy) is 1. The number of rotatable bonds is 4. The van der Waals surface area contributed by atoms with Gasteiger partial charge in [0.25, 0.3) is 0 Å². The Morgan fingerprint density at radius 1 is 1.26 bits per heavy atom. The molecule has 102 valence electrons. The number of aryl methyl sites for hydroxylation is 1. The maximum absolute atomic E-state index is 6.07. The Hall–Kier alpha value is -0.680. The highest BCUT2D eigenvalue weighted by Crippen LogP contribution is 2.34. The monoisotopic (exact) mass is 363 g/mol. The quantitative estimate of drug-likeness (QED) is 0.800. The molecule has 0 radical (unpaired) electrons. The highest BCUT2D eigenvalue weighted by molar-refractivity contribution is 9.10. The third-order valence-corrected chi connectivity index (χ3v) is 4.09. The van der Waals surface area contributed by atoms with Crippen LogP contribution in [-0.4, -0.2) is 0 Å². The van der Waals surface area contributed by atoms with Gasteiger partial charge in [-0.2, -0.15) is 0 Å². The molecule has 0 unspecified atom stereocenters. The molecule has 0 spiro atoms. The molecule has 0 fully saturated rings. The van der Waals surface area contributed by atoms with Crippen LogP contribution in [0.5, 0.6) is 5.75 Å². The van der Waals surface area contributed by atoms with Crippen LogP contribution in [-0.2, 0) is 13.2 Å². The van der Waals surface area contributed by atoms with Gasteiger partial charge in [-0.3, -0.25) is 0 Å². The normalized spacial score (nSPS) is 10.8. The number of benzene rings is 1. The van der Waals surface area contributed by atoms with Gasteiger partial charge in [0.1, 0.15) is 23.9 Å². The van der Waals surface area contributed by atoms with Crippen molar-refractivity contribution >= 4 is 39.1 Å². The van der Waals surface area contributed by atoms with Crippen molar-refractivity contribution in [3.8, 4) is 5.75 Å². The topological polar surface area (TPSA) is 48.4 Å². The van der Waals surface area contributed by atoms with Crippen molar-refractivity contribution in [1.29, 1.82) is 0 Å². The Bertz CT molecular complexity index is 599. The second kappa shape index (κ2) is 6.18. The van der Waals surface area contributed by atoms with Crippen LogP contribution in [0, 0.1) is 6.92 Å². The van der Waals surface area contributed by atoms with Crippen LogP contribution in [0.4, 0.5) is 0 Å². The van der Waals surface area contributed by atoms with Crippen LogP contribution in [0.25, 0.3) is 0 Å². The van der Waals surface area contributed by atoms with Crippen molar-refractivity contribution in [2.75, 3.05) is 0 Å². The van der Waals surface area contributed by atoms with Crippen LogP contribution >= 0.6 is 39.1 Å².